The van der Waals surface area contributed by atoms with Crippen LogP contribution in [0.5, 0.6) is 0 Å². The molecule has 1 aliphatic heterocycles. The van der Waals surface area contributed by atoms with Crippen LogP contribution in [0.4, 0.5) is 0 Å². The van der Waals surface area contributed by atoms with Crippen molar-refractivity contribution in [2.24, 2.45) is 5.92 Å². The fraction of sp³-hybridized carbons (Fsp3) is 1.00. The van der Waals surface area contributed by atoms with E-state index in [1.807, 2.05) is 13.2 Å². The van der Waals surface area contributed by atoms with Crippen LogP contribution in [-0.4, -0.2) is 48.5 Å². The second-order valence-corrected chi connectivity index (χ2v) is 5.59. The molecule has 0 amide bonds. The lowest BCUT2D eigenvalue weighted by Gasteiger charge is -2.27. The fourth-order valence-corrected chi connectivity index (χ4v) is 2.58. The van der Waals surface area contributed by atoms with Gasteiger partial charge in [-0.1, -0.05) is 0 Å². The number of nitrogens with one attached hydrogen (secondary N) is 1. The van der Waals surface area contributed by atoms with Crippen LogP contribution in [0.15, 0.2) is 0 Å². The quantitative estimate of drug-likeness (QED) is 0.721. The smallest absolute Gasteiger partial charge is 0.0833 e. The summed E-state index contributed by atoms with van der Waals surface area (Å²) in [5, 5.41) is 13.4. The first-order chi connectivity index (χ1) is 7.05. The number of hydrogen-bond donors (Lipinski definition) is 2. The molecule has 0 spiro atoms. The first-order valence-corrected chi connectivity index (χ1v) is 6.97. The van der Waals surface area contributed by atoms with Gasteiger partial charge in [0.15, 0.2) is 0 Å². The van der Waals surface area contributed by atoms with Gasteiger partial charge in [-0.15, -0.1) is 0 Å². The zero-order chi connectivity index (χ0) is 11.3. The van der Waals surface area contributed by atoms with Crippen LogP contribution in [0.2, 0.25) is 0 Å². The van der Waals surface area contributed by atoms with E-state index >= 15 is 0 Å². The van der Waals surface area contributed by atoms with Gasteiger partial charge in [-0.05, 0) is 32.4 Å². The summed E-state index contributed by atoms with van der Waals surface area (Å²) >= 11 is 1.68. The zero-order valence-electron chi connectivity index (χ0n) is 9.95. The predicted octanol–water partition coefficient (Wildman–Crippen LogP) is 1.11. The van der Waals surface area contributed by atoms with Crippen molar-refractivity contribution >= 4 is 11.8 Å². The average molecular weight is 233 g/mol. The summed E-state index contributed by atoms with van der Waals surface area (Å²) in [5.74, 6) is 1.38. The van der Waals surface area contributed by atoms with Gasteiger partial charge in [0.25, 0.3) is 0 Å². The Hall–Kier alpha value is 0.230. The predicted molar refractivity (Wildman–Crippen MR) is 65.4 cm³/mol. The van der Waals surface area contributed by atoms with E-state index in [1.54, 1.807) is 11.8 Å². The van der Waals surface area contributed by atoms with Crippen molar-refractivity contribution in [2.45, 2.75) is 31.9 Å². The Morgan fingerprint density at radius 2 is 2.40 bits per heavy atom. The number of thioether (sulfide) groups is 1. The molecule has 90 valence electrons. The maximum atomic E-state index is 9.99. The zero-order valence-corrected chi connectivity index (χ0v) is 10.8. The highest BCUT2D eigenvalue weighted by molar-refractivity contribution is 7.98. The van der Waals surface area contributed by atoms with E-state index in [9.17, 15) is 5.11 Å². The standard InChI is InChI=1S/C11H23NO2S/c1-9(10-4-5-14-6-10)12-7-11(2,13)8-15-3/h9-10,12-13H,4-8H2,1-3H3. The van der Waals surface area contributed by atoms with Crippen LogP contribution in [0, 0.1) is 5.92 Å². The fourth-order valence-electron chi connectivity index (χ4n) is 1.86. The van der Waals surface area contributed by atoms with Crippen LogP contribution in [0.1, 0.15) is 20.3 Å². The summed E-state index contributed by atoms with van der Waals surface area (Å²) in [6.07, 6.45) is 3.15. The van der Waals surface area contributed by atoms with Gasteiger partial charge in [-0.3, -0.25) is 0 Å². The van der Waals surface area contributed by atoms with Crippen molar-refractivity contribution in [3.05, 3.63) is 0 Å². The monoisotopic (exact) mass is 233 g/mol. The van der Waals surface area contributed by atoms with Crippen LogP contribution >= 0.6 is 11.8 Å². The van der Waals surface area contributed by atoms with Crippen LogP contribution in [0.3, 0.4) is 0 Å². The molecule has 0 aromatic carbocycles. The van der Waals surface area contributed by atoms with Gasteiger partial charge < -0.3 is 15.2 Å². The number of hydrogen-bond acceptors (Lipinski definition) is 4. The number of rotatable bonds is 6. The van der Waals surface area contributed by atoms with Gasteiger partial charge >= 0.3 is 0 Å². The molecule has 3 unspecified atom stereocenters. The van der Waals surface area contributed by atoms with Crippen molar-refractivity contribution < 1.29 is 9.84 Å². The summed E-state index contributed by atoms with van der Waals surface area (Å²) in [4.78, 5) is 0. The molecule has 2 N–H and O–H groups in total. The van der Waals surface area contributed by atoms with Gasteiger partial charge in [0, 0.05) is 24.9 Å². The molecular formula is C11H23NO2S. The van der Waals surface area contributed by atoms with E-state index in [4.69, 9.17) is 4.74 Å². The molecule has 3 nitrogen and oxygen atoms in total. The lowest BCUT2D eigenvalue weighted by molar-refractivity contribution is 0.0784. The topological polar surface area (TPSA) is 41.5 Å². The molecule has 1 aliphatic rings. The lowest BCUT2D eigenvalue weighted by Crippen LogP contribution is -2.45. The third-order valence-electron chi connectivity index (χ3n) is 2.93. The Bertz CT molecular complexity index is 181. The molecule has 1 fully saturated rings. The Labute approximate surface area is 97.0 Å². The molecule has 0 aromatic heterocycles. The Morgan fingerprint density at radius 3 is 2.93 bits per heavy atom. The van der Waals surface area contributed by atoms with Crippen molar-refractivity contribution in [1.82, 2.24) is 5.32 Å². The molecule has 15 heavy (non-hydrogen) atoms. The van der Waals surface area contributed by atoms with E-state index in [2.05, 4.69) is 12.2 Å². The Kier molecular flexibility index (Phi) is 5.39. The van der Waals surface area contributed by atoms with Gasteiger partial charge in [0.1, 0.15) is 0 Å². The molecule has 0 bridgehead atoms. The van der Waals surface area contributed by atoms with E-state index in [0.717, 1.165) is 25.4 Å². The van der Waals surface area contributed by atoms with E-state index in [1.165, 1.54) is 0 Å². The first kappa shape index (κ1) is 13.3. The second-order valence-electron chi connectivity index (χ2n) is 4.72. The van der Waals surface area contributed by atoms with E-state index in [-0.39, 0.29) is 0 Å². The summed E-state index contributed by atoms with van der Waals surface area (Å²) < 4.78 is 5.35. The minimum Gasteiger partial charge on any atom is -0.388 e. The normalized spacial score (nSPS) is 27.6. The largest absolute Gasteiger partial charge is 0.388 e. The van der Waals surface area contributed by atoms with Gasteiger partial charge in [-0.2, -0.15) is 11.8 Å². The molecule has 1 heterocycles. The summed E-state index contributed by atoms with van der Waals surface area (Å²) in [6, 6.07) is 0.431. The Morgan fingerprint density at radius 1 is 1.67 bits per heavy atom. The molecule has 1 rings (SSSR count). The average Bonchev–Trinajstić information content (AvgIpc) is 2.67. The van der Waals surface area contributed by atoms with Crippen molar-refractivity contribution in [1.29, 1.82) is 0 Å². The number of ether oxygens (including phenoxy) is 1. The third-order valence-corrected chi connectivity index (χ3v) is 3.84. The van der Waals surface area contributed by atoms with Crippen molar-refractivity contribution in [3.8, 4) is 0 Å². The van der Waals surface area contributed by atoms with E-state index < -0.39 is 5.60 Å². The van der Waals surface area contributed by atoms with Crippen molar-refractivity contribution in [2.75, 3.05) is 31.8 Å². The molecule has 0 radical (unpaired) electrons. The molecule has 4 heteroatoms. The van der Waals surface area contributed by atoms with Crippen LogP contribution in [-0.2, 0) is 4.74 Å². The van der Waals surface area contributed by atoms with E-state index in [0.29, 0.717) is 18.5 Å². The molecular weight excluding hydrogens is 210 g/mol. The highest BCUT2D eigenvalue weighted by Gasteiger charge is 2.25. The highest BCUT2D eigenvalue weighted by Crippen LogP contribution is 2.17. The summed E-state index contributed by atoms with van der Waals surface area (Å²) in [7, 11) is 0. The molecule has 0 aliphatic carbocycles. The highest BCUT2D eigenvalue weighted by atomic mass is 32.2. The van der Waals surface area contributed by atoms with Gasteiger partial charge in [0.05, 0.1) is 12.2 Å². The minimum atomic E-state index is -0.604. The van der Waals surface area contributed by atoms with Crippen molar-refractivity contribution in [3.63, 3.8) is 0 Å². The minimum absolute atomic E-state index is 0.431. The lowest BCUT2D eigenvalue weighted by atomic mass is 10.00. The Balaban J connectivity index is 2.23. The molecule has 1 saturated heterocycles. The SMILES string of the molecule is CSCC(C)(O)CNC(C)C1CCOC1. The van der Waals surface area contributed by atoms with Gasteiger partial charge in [-0.25, -0.2) is 0 Å². The second kappa shape index (κ2) is 6.09. The van der Waals surface area contributed by atoms with Crippen LogP contribution < -0.4 is 5.32 Å². The molecule has 3 atom stereocenters. The molecule has 0 saturated carbocycles. The third kappa shape index (κ3) is 4.72. The summed E-state index contributed by atoms with van der Waals surface area (Å²) in [5.41, 5.74) is -0.604. The van der Waals surface area contributed by atoms with Gasteiger partial charge in [0.2, 0.25) is 0 Å². The first-order valence-electron chi connectivity index (χ1n) is 5.57. The maximum absolute atomic E-state index is 9.99. The maximum Gasteiger partial charge on any atom is 0.0833 e. The summed E-state index contributed by atoms with van der Waals surface area (Å²) in [6.45, 7) is 6.46. The number of aliphatic hydroxyl groups is 1. The molecule has 0 aromatic rings. The van der Waals surface area contributed by atoms with Crippen LogP contribution in [0.25, 0.3) is 0 Å².